The summed E-state index contributed by atoms with van der Waals surface area (Å²) >= 11 is 1.62. The van der Waals surface area contributed by atoms with Crippen LogP contribution in [0.2, 0.25) is 0 Å². The van der Waals surface area contributed by atoms with Gasteiger partial charge in [-0.3, -0.25) is 4.39 Å². The van der Waals surface area contributed by atoms with Gasteiger partial charge >= 0.3 is 0 Å². The van der Waals surface area contributed by atoms with Crippen molar-refractivity contribution in [1.82, 2.24) is 0 Å². The molecule has 1 nitrogen and oxygen atoms in total. The molecule has 0 rings (SSSR count). The van der Waals surface area contributed by atoms with Crippen molar-refractivity contribution in [2.24, 2.45) is 0 Å². The first kappa shape index (κ1) is 10.2. The number of thioether (sulfide) groups is 1. The lowest BCUT2D eigenvalue weighted by Crippen LogP contribution is -2.15. The van der Waals surface area contributed by atoms with Crippen LogP contribution in [0.5, 0.6) is 0 Å². The van der Waals surface area contributed by atoms with Gasteiger partial charge in [0, 0.05) is 5.25 Å². The highest BCUT2D eigenvalue weighted by molar-refractivity contribution is 7.99. The molecule has 0 heterocycles. The molecule has 0 spiro atoms. The summed E-state index contributed by atoms with van der Waals surface area (Å²) in [6.07, 6.45) is 0.312. The molecule has 0 aromatic carbocycles. The lowest BCUT2D eigenvalue weighted by molar-refractivity contribution is 0.196. The maximum atomic E-state index is 11.6. The molecule has 2 unspecified atom stereocenters. The van der Waals surface area contributed by atoms with Gasteiger partial charge in [0.25, 0.3) is 0 Å². The first-order valence-corrected chi connectivity index (χ1v) is 4.59. The zero-order valence-electron chi connectivity index (χ0n) is 6.51. The molecule has 0 aliphatic carbocycles. The summed E-state index contributed by atoms with van der Waals surface area (Å²) in [6.45, 7) is 3.46. The zero-order valence-corrected chi connectivity index (χ0v) is 7.33. The quantitative estimate of drug-likeness (QED) is 0.629. The normalized spacial score (nSPS) is 16.8. The van der Waals surface area contributed by atoms with Crippen molar-refractivity contribution < 1.29 is 9.50 Å². The molecular formula is C7H15FOS. The third-order valence-corrected chi connectivity index (χ3v) is 2.78. The fourth-order valence-corrected chi connectivity index (χ4v) is 1.39. The highest BCUT2D eigenvalue weighted by atomic mass is 32.2. The van der Waals surface area contributed by atoms with E-state index in [1.807, 2.05) is 6.92 Å². The molecule has 0 saturated carbocycles. The van der Waals surface area contributed by atoms with Crippen LogP contribution in [-0.2, 0) is 0 Å². The number of rotatable bonds is 5. The molecule has 0 aliphatic heterocycles. The lowest BCUT2D eigenvalue weighted by atomic mass is 10.3. The van der Waals surface area contributed by atoms with Crippen molar-refractivity contribution in [2.45, 2.75) is 31.6 Å². The summed E-state index contributed by atoms with van der Waals surface area (Å²) in [5.74, 6) is 0.808. The van der Waals surface area contributed by atoms with Crippen LogP contribution in [0.4, 0.5) is 4.39 Å². The van der Waals surface area contributed by atoms with Gasteiger partial charge in [-0.25, -0.2) is 0 Å². The van der Waals surface area contributed by atoms with Crippen molar-refractivity contribution in [3.63, 3.8) is 0 Å². The maximum Gasteiger partial charge on any atom is 0.0902 e. The van der Waals surface area contributed by atoms with Gasteiger partial charge in [-0.2, -0.15) is 11.8 Å². The molecule has 10 heavy (non-hydrogen) atoms. The number of aliphatic hydroxyl groups excluding tert-OH is 1. The molecule has 0 radical (unpaired) electrons. The van der Waals surface area contributed by atoms with Crippen molar-refractivity contribution in [1.29, 1.82) is 0 Å². The SMILES string of the molecule is CC(O)C(C)SCCCF. The van der Waals surface area contributed by atoms with Gasteiger partial charge in [-0.1, -0.05) is 6.92 Å². The molecule has 0 aromatic rings. The van der Waals surface area contributed by atoms with Gasteiger partial charge in [0.05, 0.1) is 12.8 Å². The summed E-state index contributed by atoms with van der Waals surface area (Å²) in [5.41, 5.74) is 0. The van der Waals surface area contributed by atoms with Crippen molar-refractivity contribution in [3.8, 4) is 0 Å². The Morgan fingerprint density at radius 3 is 2.50 bits per heavy atom. The van der Waals surface area contributed by atoms with Gasteiger partial charge in [-0.05, 0) is 19.1 Å². The molecule has 0 fully saturated rings. The van der Waals surface area contributed by atoms with E-state index >= 15 is 0 Å². The highest BCUT2D eigenvalue weighted by Gasteiger charge is 2.07. The second kappa shape index (κ2) is 5.98. The number of hydrogen-bond donors (Lipinski definition) is 1. The highest BCUT2D eigenvalue weighted by Crippen LogP contribution is 2.14. The van der Waals surface area contributed by atoms with E-state index < -0.39 is 0 Å². The van der Waals surface area contributed by atoms with Crippen LogP contribution in [0.25, 0.3) is 0 Å². The third kappa shape index (κ3) is 5.06. The minimum atomic E-state index is -0.287. The van der Waals surface area contributed by atoms with E-state index in [0.29, 0.717) is 6.42 Å². The summed E-state index contributed by atoms with van der Waals surface area (Å²) in [4.78, 5) is 0. The van der Waals surface area contributed by atoms with E-state index in [-0.39, 0.29) is 18.0 Å². The minimum absolute atomic E-state index is 0.228. The predicted molar refractivity (Wildman–Crippen MR) is 44.2 cm³/mol. The van der Waals surface area contributed by atoms with Crippen LogP contribution in [0.1, 0.15) is 20.3 Å². The monoisotopic (exact) mass is 166 g/mol. The second-order valence-electron chi connectivity index (χ2n) is 2.36. The van der Waals surface area contributed by atoms with Crippen molar-refractivity contribution in [3.05, 3.63) is 0 Å². The van der Waals surface area contributed by atoms with E-state index in [4.69, 9.17) is 5.11 Å². The van der Waals surface area contributed by atoms with Crippen LogP contribution in [0.15, 0.2) is 0 Å². The molecule has 62 valence electrons. The Bertz CT molecular complexity index is 78.0. The van der Waals surface area contributed by atoms with Crippen LogP contribution in [0, 0.1) is 0 Å². The van der Waals surface area contributed by atoms with Crippen LogP contribution in [0.3, 0.4) is 0 Å². The number of aliphatic hydroxyl groups is 1. The average molecular weight is 166 g/mol. The third-order valence-electron chi connectivity index (χ3n) is 1.34. The molecule has 0 saturated heterocycles. The van der Waals surface area contributed by atoms with E-state index in [1.165, 1.54) is 0 Å². The summed E-state index contributed by atoms with van der Waals surface area (Å²) < 4.78 is 11.6. The Labute approximate surface area is 66.0 Å². The average Bonchev–Trinajstić information content (AvgIpc) is 1.88. The summed E-state index contributed by atoms with van der Waals surface area (Å²) in [7, 11) is 0. The summed E-state index contributed by atoms with van der Waals surface area (Å²) in [5, 5.41) is 9.23. The molecule has 1 N–H and O–H groups in total. The Hall–Kier alpha value is 0.240. The van der Waals surface area contributed by atoms with Crippen molar-refractivity contribution in [2.75, 3.05) is 12.4 Å². The number of halogens is 1. The predicted octanol–water partition coefficient (Wildman–Crippen LogP) is 1.85. The topological polar surface area (TPSA) is 20.2 Å². The van der Waals surface area contributed by atoms with Gasteiger partial charge in [0.2, 0.25) is 0 Å². The standard InChI is InChI=1S/C7H15FOS/c1-6(9)7(2)10-5-3-4-8/h6-7,9H,3-5H2,1-2H3. The van der Waals surface area contributed by atoms with E-state index in [2.05, 4.69) is 0 Å². The van der Waals surface area contributed by atoms with E-state index in [0.717, 1.165) is 5.75 Å². The molecule has 3 heteroatoms. The zero-order chi connectivity index (χ0) is 7.98. The maximum absolute atomic E-state index is 11.6. The van der Waals surface area contributed by atoms with Crippen molar-refractivity contribution >= 4 is 11.8 Å². The van der Waals surface area contributed by atoms with Gasteiger partial charge in [0.1, 0.15) is 0 Å². The molecule has 0 amide bonds. The van der Waals surface area contributed by atoms with Crippen LogP contribution in [-0.4, -0.2) is 28.9 Å². The first-order chi connectivity index (χ1) is 4.68. The van der Waals surface area contributed by atoms with E-state index in [1.54, 1.807) is 18.7 Å². The molecule has 0 bridgehead atoms. The number of alkyl halides is 1. The van der Waals surface area contributed by atoms with Gasteiger partial charge in [0.15, 0.2) is 0 Å². The Kier molecular flexibility index (Phi) is 6.13. The fraction of sp³-hybridized carbons (Fsp3) is 1.00. The molecular weight excluding hydrogens is 151 g/mol. The van der Waals surface area contributed by atoms with Crippen LogP contribution < -0.4 is 0 Å². The van der Waals surface area contributed by atoms with E-state index in [9.17, 15) is 4.39 Å². The molecule has 2 atom stereocenters. The Morgan fingerprint density at radius 1 is 1.50 bits per heavy atom. The number of hydrogen-bond acceptors (Lipinski definition) is 2. The summed E-state index contributed by atoms with van der Waals surface area (Å²) in [6, 6.07) is 0. The fourth-order valence-electron chi connectivity index (χ4n) is 0.463. The van der Waals surface area contributed by atoms with Gasteiger partial charge in [-0.15, -0.1) is 0 Å². The Morgan fingerprint density at radius 2 is 2.10 bits per heavy atom. The first-order valence-electron chi connectivity index (χ1n) is 3.54. The molecule has 0 aromatic heterocycles. The molecule has 0 aliphatic rings. The smallest absolute Gasteiger partial charge is 0.0902 e. The Balaban J connectivity index is 3.13. The van der Waals surface area contributed by atoms with Crippen LogP contribution >= 0.6 is 11.8 Å². The minimum Gasteiger partial charge on any atom is -0.392 e. The second-order valence-corrected chi connectivity index (χ2v) is 3.84. The van der Waals surface area contributed by atoms with Gasteiger partial charge < -0.3 is 5.11 Å². The largest absolute Gasteiger partial charge is 0.392 e. The lowest BCUT2D eigenvalue weighted by Gasteiger charge is -2.12.